The summed E-state index contributed by atoms with van der Waals surface area (Å²) in [6, 6.07) is 5.63. The van der Waals surface area contributed by atoms with Gasteiger partial charge in [-0.2, -0.15) is 0 Å². The summed E-state index contributed by atoms with van der Waals surface area (Å²) in [5, 5.41) is 4.16. The zero-order chi connectivity index (χ0) is 13.6. The number of halogens is 1. The van der Waals surface area contributed by atoms with Crippen molar-refractivity contribution >= 4 is 17.7 Å². The van der Waals surface area contributed by atoms with E-state index in [1.165, 1.54) is 0 Å². The van der Waals surface area contributed by atoms with Gasteiger partial charge in [-0.1, -0.05) is 23.8 Å². The first-order chi connectivity index (χ1) is 8.42. The Morgan fingerprint density at radius 2 is 2.06 bits per heavy atom. The lowest BCUT2D eigenvalue weighted by Crippen LogP contribution is -2.36. The average Bonchev–Trinajstić information content (AvgIpc) is 2.27. The zero-order valence-electron chi connectivity index (χ0n) is 11.6. The van der Waals surface area contributed by atoms with Crippen molar-refractivity contribution in [2.75, 3.05) is 13.7 Å². The number of methoxy groups -OCH3 is 1. The van der Waals surface area contributed by atoms with Crippen molar-refractivity contribution in [3.05, 3.63) is 34.9 Å². The van der Waals surface area contributed by atoms with Crippen LogP contribution in [0, 0.1) is 0 Å². The van der Waals surface area contributed by atoms with Gasteiger partial charge in [0.1, 0.15) is 5.75 Å². The molecular weight excluding hydrogens is 246 g/mol. The molecule has 2 nitrogen and oxygen atoms in total. The molecule has 0 fully saturated rings. The standard InChI is InChI=1S/C15H22ClNO/c1-15(2,3)17-10-6-5-7-12-11-13(16)8-9-14(12)18-4/h5,7-9,11,17H,6,10H2,1-4H3. The number of hydrogen-bond donors (Lipinski definition) is 1. The van der Waals surface area contributed by atoms with Crippen molar-refractivity contribution in [2.45, 2.75) is 32.7 Å². The number of rotatable bonds is 5. The van der Waals surface area contributed by atoms with Crippen LogP contribution in [0.5, 0.6) is 5.75 Å². The van der Waals surface area contributed by atoms with Gasteiger partial charge in [0.25, 0.3) is 0 Å². The average molecular weight is 268 g/mol. The zero-order valence-corrected chi connectivity index (χ0v) is 12.3. The second kappa shape index (κ2) is 6.81. The fraction of sp³-hybridized carbons (Fsp3) is 0.467. The molecule has 100 valence electrons. The van der Waals surface area contributed by atoms with E-state index < -0.39 is 0 Å². The molecule has 1 aromatic carbocycles. The van der Waals surface area contributed by atoms with Gasteiger partial charge in [0, 0.05) is 16.1 Å². The van der Waals surface area contributed by atoms with E-state index in [1.807, 2.05) is 18.2 Å². The van der Waals surface area contributed by atoms with E-state index in [0.717, 1.165) is 29.3 Å². The molecule has 0 atom stereocenters. The van der Waals surface area contributed by atoms with E-state index in [4.69, 9.17) is 16.3 Å². The van der Waals surface area contributed by atoms with Crippen molar-refractivity contribution < 1.29 is 4.74 Å². The van der Waals surface area contributed by atoms with Gasteiger partial charge in [0.05, 0.1) is 7.11 Å². The van der Waals surface area contributed by atoms with Gasteiger partial charge in [-0.05, 0) is 51.9 Å². The highest BCUT2D eigenvalue weighted by Gasteiger charge is 2.06. The van der Waals surface area contributed by atoms with E-state index in [9.17, 15) is 0 Å². The SMILES string of the molecule is COc1ccc(Cl)cc1C=CCCNC(C)(C)C. The quantitative estimate of drug-likeness (QED) is 0.810. The summed E-state index contributed by atoms with van der Waals surface area (Å²) in [7, 11) is 1.67. The summed E-state index contributed by atoms with van der Waals surface area (Å²) in [5.41, 5.74) is 1.18. The van der Waals surface area contributed by atoms with Gasteiger partial charge in [-0.3, -0.25) is 0 Å². The minimum absolute atomic E-state index is 0.168. The van der Waals surface area contributed by atoms with E-state index in [1.54, 1.807) is 7.11 Å². The minimum atomic E-state index is 0.168. The molecular formula is C15H22ClNO. The van der Waals surface area contributed by atoms with Crippen LogP contribution in [0.15, 0.2) is 24.3 Å². The van der Waals surface area contributed by atoms with Crippen LogP contribution in [0.3, 0.4) is 0 Å². The van der Waals surface area contributed by atoms with Crippen molar-refractivity contribution in [2.24, 2.45) is 0 Å². The molecule has 3 heteroatoms. The molecule has 0 aromatic heterocycles. The Balaban J connectivity index is 2.54. The van der Waals surface area contributed by atoms with Crippen molar-refractivity contribution in [1.82, 2.24) is 5.32 Å². The molecule has 0 saturated heterocycles. The maximum Gasteiger partial charge on any atom is 0.126 e. The summed E-state index contributed by atoms with van der Waals surface area (Å²) in [6.07, 6.45) is 5.16. The normalized spacial score (nSPS) is 12.1. The van der Waals surface area contributed by atoms with Crippen molar-refractivity contribution in [3.8, 4) is 5.75 Å². The first-order valence-electron chi connectivity index (χ1n) is 6.17. The molecule has 1 rings (SSSR count). The maximum atomic E-state index is 5.97. The first kappa shape index (κ1) is 15.1. The number of ether oxygens (including phenoxy) is 1. The second-order valence-corrected chi connectivity index (χ2v) is 5.69. The number of nitrogens with one attached hydrogen (secondary N) is 1. The van der Waals surface area contributed by atoms with Gasteiger partial charge in [0.2, 0.25) is 0 Å². The molecule has 1 N–H and O–H groups in total. The fourth-order valence-electron chi connectivity index (χ4n) is 1.58. The monoisotopic (exact) mass is 267 g/mol. The van der Waals surface area contributed by atoms with Crippen LogP contribution >= 0.6 is 11.6 Å². The molecule has 0 saturated carbocycles. The van der Waals surface area contributed by atoms with Crippen LogP contribution in [0.25, 0.3) is 6.08 Å². The highest BCUT2D eigenvalue weighted by Crippen LogP contribution is 2.23. The van der Waals surface area contributed by atoms with Gasteiger partial charge in [-0.25, -0.2) is 0 Å². The van der Waals surface area contributed by atoms with Crippen molar-refractivity contribution in [3.63, 3.8) is 0 Å². The van der Waals surface area contributed by atoms with Gasteiger partial charge in [0.15, 0.2) is 0 Å². The Morgan fingerprint density at radius 3 is 2.67 bits per heavy atom. The molecule has 0 amide bonds. The molecule has 0 aliphatic carbocycles. The summed E-state index contributed by atoms with van der Waals surface area (Å²) < 4.78 is 5.29. The van der Waals surface area contributed by atoms with Crippen LogP contribution in [0.4, 0.5) is 0 Å². The Kier molecular flexibility index (Phi) is 5.70. The Hall–Kier alpha value is -0.990. The van der Waals surface area contributed by atoms with E-state index >= 15 is 0 Å². The van der Waals surface area contributed by atoms with Gasteiger partial charge >= 0.3 is 0 Å². The Morgan fingerprint density at radius 1 is 1.33 bits per heavy atom. The third-order valence-corrected chi connectivity index (χ3v) is 2.69. The number of hydrogen-bond acceptors (Lipinski definition) is 2. The van der Waals surface area contributed by atoms with Crippen LogP contribution in [-0.4, -0.2) is 19.2 Å². The van der Waals surface area contributed by atoms with Gasteiger partial charge in [-0.15, -0.1) is 0 Å². The van der Waals surface area contributed by atoms with Crippen LogP contribution in [0.2, 0.25) is 5.02 Å². The van der Waals surface area contributed by atoms with Crippen LogP contribution < -0.4 is 10.1 Å². The molecule has 18 heavy (non-hydrogen) atoms. The van der Waals surface area contributed by atoms with E-state index in [-0.39, 0.29) is 5.54 Å². The predicted molar refractivity (Wildman–Crippen MR) is 79.4 cm³/mol. The third kappa shape index (κ3) is 5.56. The topological polar surface area (TPSA) is 21.3 Å². The third-order valence-electron chi connectivity index (χ3n) is 2.46. The lowest BCUT2D eigenvalue weighted by atomic mass is 10.1. The van der Waals surface area contributed by atoms with Crippen LogP contribution in [-0.2, 0) is 0 Å². The van der Waals surface area contributed by atoms with E-state index in [2.05, 4.69) is 38.2 Å². The molecule has 1 aromatic rings. The molecule has 0 bridgehead atoms. The molecule has 0 spiro atoms. The van der Waals surface area contributed by atoms with Crippen molar-refractivity contribution in [1.29, 1.82) is 0 Å². The smallest absolute Gasteiger partial charge is 0.126 e. The highest BCUT2D eigenvalue weighted by molar-refractivity contribution is 6.30. The van der Waals surface area contributed by atoms with E-state index in [0.29, 0.717) is 0 Å². The summed E-state index contributed by atoms with van der Waals surface area (Å²) >= 11 is 5.97. The molecule has 0 aliphatic heterocycles. The van der Waals surface area contributed by atoms with Gasteiger partial charge < -0.3 is 10.1 Å². The molecule has 0 aliphatic rings. The largest absolute Gasteiger partial charge is 0.496 e. The molecule has 0 heterocycles. The summed E-state index contributed by atoms with van der Waals surface area (Å²) in [6.45, 7) is 7.45. The Labute approximate surface area is 115 Å². The Bertz CT molecular complexity index is 407. The fourth-order valence-corrected chi connectivity index (χ4v) is 1.76. The lowest BCUT2D eigenvalue weighted by Gasteiger charge is -2.19. The second-order valence-electron chi connectivity index (χ2n) is 5.25. The lowest BCUT2D eigenvalue weighted by molar-refractivity contribution is 0.414. The van der Waals surface area contributed by atoms with Crippen LogP contribution in [0.1, 0.15) is 32.8 Å². The maximum absolute atomic E-state index is 5.97. The molecule has 0 unspecified atom stereocenters. The minimum Gasteiger partial charge on any atom is -0.496 e. The highest BCUT2D eigenvalue weighted by atomic mass is 35.5. The summed E-state index contributed by atoms with van der Waals surface area (Å²) in [5.74, 6) is 0.847. The first-order valence-corrected chi connectivity index (χ1v) is 6.55. The summed E-state index contributed by atoms with van der Waals surface area (Å²) in [4.78, 5) is 0. The number of benzene rings is 1. The molecule has 0 radical (unpaired) electrons. The predicted octanol–water partition coefficient (Wildman–Crippen LogP) is 4.14.